The lowest BCUT2D eigenvalue weighted by Gasteiger charge is -2.26. The Morgan fingerprint density at radius 2 is 1.91 bits per heavy atom. The molecule has 0 radical (unpaired) electrons. The molecule has 3 heteroatoms. The summed E-state index contributed by atoms with van der Waals surface area (Å²) >= 11 is 0. The summed E-state index contributed by atoms with van der Waals surface area (Å²) in [5, 5.41) is 0. The van der Waals surface area contributed by atoms with Gasteiger partial charge in [0, 0.05) is 0 Å². The van der Waals surface area contributed by atoms with E-state index in [0.717, 1.165) is 18.6 Å². The molecule has 0 spiro atoms. The van der Waals surface area contributed by atoms with E-state index in [0.29, 0.717) is 13.0 Å². The van der Waals surface area contributed by atoms with Crippen molar-refractivity contribution < 1.29 is 14.3 Å². The van der Waals surface area contributed by atoms with Gasteiger partial charge < -0.3 is 9.47 Å². The minimum absolute atomic E-state index is 0.0771. The van der Waals surface area contributed by atoms with E-state index < -0.39 is 0 Å². The van der Waals surface area contributed by atoms with Crippen LogP contribution < -0.4 is 4.74 Å². The molecule has 2 aromatic rings. The van der Waals surface area contributed by atoms with Crippen molar-refractivity contribution in [3.8, 4) is 16.9 Å². The Hall–Kier alpha value is -2.29. The van der Waals surface area contributed by atoms with Crippen molar-refractivity contribution in [2.24, 2.45) is 0 Å². The molecule has 1 aliphatic heterocycles. The monoisotopic (exact) mass is 310 g/mol. The second-order valence-electron chi connectivity index (χ2n) is 5.98. The standard InChI is InChI=1S/C20H22O3/c1-3-22-20(21)13-18-10-8-17-12-16(9-11-19(17)23-18)15-6-4-14(2)5-7-15/h4-7,9,11-12,18H,3,8,10,13H2,1-2H3. The van der Waals surface area contributed by atoms with Gasteiger partial charge in [-0.2, -0.15) is 0 Å². The van der Waals surface area contributed by atoms with Crippen molar-refractivity contribution >= 4 is 5.97 Å². The van der Waals surface area contributed by atoms with Gasteiger partial charge in [-0.25, -0.2) is 0 Å². The highest BCUT2D eigenvalue weighted by Gasteiger charge is 2.23. The summed E-state index contributed by atoms with van der Waals surface area (Å²) in [7, 11) is 0. The van der Waals surface area contributed by atoms with Crippen LogP contribution in [-0.2, 0) is 16.0 Å². The van der Waals surface area contributed by atoms with Gasteiger partial charge in [0.15, 0.2) is 0 Å². The fourth-order valence-corrected chi connectivity index (χ4v) is 2.92. The average Bonchev–Trinajstić information content (AvgIpc) is 2.55. The van der Waals surface area contributed by atoms with Crippen molar-refractivity contribution in [3.63, 3.8) is 0 Å². The van der Waals surface area contributed by atoms with Gasteiger partial charge in [0.2, 0.25) is 0 Å². The number of carbonyl (C=O) groups excluding carboxylic acids is 1. The van der Waals surface area contributed by atoms with Gasteiger partial charge in [0.05, 0.1) is 13.0 Å². The lowest BCUT2D eigenvalue weighted by Crippen LogP contribution is -2.26. The van der Waals surface area contributed by atoms with Crippen molar-refractivity contribution in [2.75, 3.05) is 6.61 Å². The van der Waals surface area contributed by atoms with E-state index >= 15 is 0 Å². The number of fused-ring (bicyclic) bond motifs is 1. The van der Waals surface area contributed by atoms with Gasteiger partial charge in [-0.05, 0) is 55.5 Å². The van der Waals surface area contributed by atoms with Crippen LogP contribution in [0.3, 0.4) is 0 Å². The van der Waals surface area contributed by atoms with Crippen LogP contribution in [0, 0.1) is 6.92 Å². The molecule has 1 aliphatic rings. The van der Waals surface area contributed by atoms with Gasteiger partial charge in [0.1, 0.15) is 11.9 Å². The predicted octanol–water partition coefficient (Wildman–Crippen LogP) is 4.31. The molecule has 0 amide bonds. The summed E-state index contributed by atoms with van der Waals surface area (Å²) in [5.41, 5.74) is 4.89. The molecule has 3 rings (SSSR count). The molecule has 2 aromatic carbocycles. The molecule has 1 heterocycles. The summed E-state index contributed by atoms with van der Waals surface area (Å²) in [6, 6.07) is 14.8. The topological polar surface area (TPSA) is 35.5 Å². The maximum Gasteiger partial charge on any atom is 0.309 e. The third-order valence-electron chi connectivity index (χ3n) is 4.17. The van der Waals surface area contributed by atoms with Crippen LogP contribution in [0.2, 0.25) is 0 Å². The lowest BCUT2D eigenvalue weighted by atomic mass is 9.96. The number of hydrogen-bond acceptors (Lipinski definition) is 3. The van der Waals surface area contributed by atoms with Crippen molar-refractivity contribution in [3.05, 3.63) is 53.6 Å². The SMILES string of the molecule is CCOC(=O)CC1CCc2cc(-c3ccc(C)cc3)ccc2O1. The zero-order valence-electron chi connectivity index (χ0n) is 13.7. The fraction of sp³-hybridized carbons (Fsp3) is 0.350. The third kappa shape index (κ3) is 3.73. The molecule has 0 N–H and O–H groups in total. The molecule has 3 nitrogen and oxygen atoms in total. The molecule has 23 heavy (non-hydrogen) atoms. The molecule has 0 aliphatic carbocycles. The van der Waals surface area contributed by atoms with Crippen molar-refractivity contribution in [1.82, 2.24) is 0 Å². The van der Waals surface area contributed by atoms with Crippen molar-refractivity contribution in [2.45, 2.75) is 39.2 Å². The van der Waals surface area contributed by atoms with E-state index in [1.165, 1.54) is 22.3 Å². The summed E-state index contributed by atoms with van der Waals surface area (Å²) in [4.78, 5) is 11.6. The highest BCUT2D eigenvalue weighted by molar-refractivity contribution is 5.70. The van der Waals surface area contributed by atoms with Gasteiger partial charge in [-0.3, -0.25) is 4.79 Å². The minimum atomic E-state index is -0.183. The smallest absolute Gasteiger partial charge is 0.309 e. The Labute approximate surface area is 137 Å². The van der Waals surface area contributed by atoms with E-state index in [1.54, 1.807) is 0 Å². The number of aryl methyl sites for hydroxylation is 2. The van der Waals surface area contributed by atoms with Gasteiger partial charge in [0.25, 0.3) is 0 Å². The highest BCUT2D eigenvalue weighted by Crippen LogP contribution is 2.32. The third-order valence-corrected chi connectivity index (χ3v) is 4.17. The highest BCUT2D eigenvalue weighted by atomic mass is 16.5. The largest absolute Gasteiger partial charge is 0.490 e. The summed E-state index contributed by atoms with van der Waals surface area (Å²) in [5.74, 6) is 0.707. The molecule has 1 atom stereocenters. The first-order valence-corrected chi connectivity index (χ1v) is 8.18. The molecular formula is C20H22O3. The maximum atomic E-state index is 11.6. The van der Waals surface area contributed by atoms with Crippen LogP contribution in [0.4, 0.5) is 0 Å². The van der Waals surface area contributed by atoms with E-state index in [-0.39, 0.29) is 12.1 Å². The normalized spacial score (nSPS) is 16.3. The van der Waals surface area contributed by atoms with Gasteiger partial charge in [-0.15, -0.1) is 0 Å². The second kappa shape index (κ2) is 6.86. The van der Waals surface area contributed by atoms with Gasteiger partial charge >= 0.3 is 5.97 Å². The van der Waals surface area contributed by atoms with Crippen LogP contribution in [-0.4, -0.2) is 18.7 Å². The number of benzene rings is 2. The van der Waals surface area contributed by atoms with Crippen molar-refractivity contribution in [1.29, 1.82) is 0 Å². The Balaban J connectivity index is 1.73. The second-order valence-corrected chi connectivity index (χ2v) is 5.98. The number of ether oxygens (including phenoxy) is 2. The number of rotatable bonds is 4. The first-order chi connectivity index (χ1) is 11.2. The zero-order valence-corrected chi connectivity index (χ0v) is 13.7. The quantitative estimate of drug-likeness (QED) is 0.789. The molecule has 0 saturated heterocycles. The molecule has 0 fully saturated rings. The number of carbonyl (C=O) groups is 1. The Morgan fingerprint density at radius 1 is 1.17 bits per heavy atom. The van der Waals surface area contributed by atoms with E-state index in [4.69, 9.17) is 9.47 Å². The van der Waals surface area contributed by atoms with E-state index in [9.17, 15) is 4.79 Å². The Kier molecular flexibility index (Phi) is 4.65. The zero-order chi connectivity index (χ0) is 16.2. The summed E-state index contributed by atoms with van der Waals surface area (Å²) in [6.45, 7) is 4.33. The van der Waals surface area contributed by atoms with Crippen LogP contribution in [0.5, 0.6) is 5.75 Å². The average molecular weight is 310 g/mol. The van der Waals surface area contributed by atoms with E-state index in [1.807, 2.05) is 13.0 Å². The summed E-state index contributed by atoms with van der Waals surface area (Å²) in [6.07, 6.45) is 2.03. The van der Waals surface area contributed by atoms with Crippen LogP contribution in [0.15, 0.2) is 42.5 Å². The summed E-state index contributed by atoms with van der Waals surface area (Å²) < 4.78 is 11.0. The van der Waals surface area contributed by atoms with Crippen LogP contribution >= 0.6 is 0 Å². The first-order valence-electron chi connectivity index (χ1n) is 8.18. The maximum absolute atomic E-state index is 11.6. The van der Waals surface area contributed by atoms with Gasteiger partial charge in [-0.1, -0.05) is 35.9 Å². The molecule has 0 aromatic heterocycles. The molecular weight excluding hydrogens is 288 g/mol. The van der Waals surface area contributed by atoms with E-state index in [2.05, 4.69) is 43.3 Å². The minimum Gasteiger partial charge on any atom is -0.490 e. The molecule has 0 bridgehead atoms. The number of hydrogen-bond donors (Lipinski definition) is 0. The van der Waals surface area contributed by atoms with Crippen LogP contribution in [0.1, 0.15) is 30.9 Å². The molecule has 1 unspecified atom stereocenters. The Bertz CT molecular complexity index is 689. The number of esters is 1. The molecule has 0 saturated carbocycles. The lowest BCUT2D eigenvalue weighted by molar-refractivity contribution is -0.145. The predicted molar refractivity (Wildman–Crippen MR) is 90.6 cm³/mol. The molecule has 120 valence electrons. The Morgan fingerprint density at radius 3 is 2.65 bits per heavy atom. The fourth-order valence-electron chi connectivity index (χ4n) is 2.92. The van der Waals surface area contributed by atoms with Crippen LogP contribution in [0.25, 0.3) is 11.1 Å². The first kappa shape index (κ1) is 15.6.